The fraction of sp³-hybridized carbons (Fsp3) is 0.0345. The third kappa shape index (κ3) is 4.36. The summed E-state index contributed by atoms with van der Waals surface area (Å²) in [7, 11) is 0. The molecule has 0 saturated heterocycles. The number of hydrogen-bond donors (Lipinski definition) is 1. The minimum atomic E-state index is -0.282. The molecule has 0 atom stereocenters. The van der Waals surface area contributed by atoms with Gasteiger partial charge in [-0.25, -0.2) is 4.98 Å². The van der Waals surface area contributed by atoms with Crippen LogP contribution in [-0.2, 0) is 0 Å². The van der Waals surface area contributed by atoms with Crippen molar-refractivity contribution in [2.24, 2.45) is 0 Å². The first-order valence-corrected chi connectivity index (χ1v) is 11.1. The lowest BCUT2D eigenvalue weighted by atomic mass is 9.97. The van der Waals surface area contributed by atoms with Gasteiger partial charge in [-0.05, 0) is 29.3 Å². The Morgan fingerprint density at radius 1 is 0.727 bits per heavy atom. The summed E-state index contributed by atoms with van der Waals surface area (Å²) >= 11 is 6.45. The topological polar surface area (TPSA) is 42.0 Å². The molecule has 0 bridgehead atoms. The average Bonchev–Trinajstić information content (AvgIpc) is 2.88. The van der Waals surface area contributed by atoms with E-state index in [4.69, 9.17) is 16.6 Å². The number of nitrogens with one attached hydrogen (secondary N) is 1. The maximum atomic E-state index is 13.7. The van der Waals surface area contributed by atoms with Crippen molar-refractivity contribution in [3.05, 3.63) is 137 Å². The van der Waals surface area contributed by atoms with E-state index in [1.165, 1.54) is 0 Å². The molecule has 5 rings (SSSR count). The molecular formula is C29H21ClN2O. The zero-order valence-electron chi connectivity index (χ0n) is 17.8. The largest absolute Gasteiger partial charge is 0.341 e. The summed E-state index contributed by atoms with van der Waals surface area (Å²) in [4.78, 5) is 18.5. The van der Waals surface area contributed by atoms with Crippen LogP contribution >= 0.6 is 11.6 Å². The highest BCUT2D eigenvalue weighted by atomic mass is 35.5. The van der Waals surface area contributed by atoms with Gasteiger partial charge < -0.3 is 5.32 Å². The van der Waals surface area contributed by atoms with Crippen LogP contribution in [0, 0.1) is 0 Å². The van der Waals surface area contributed by atoms with Crippen LogP contribution in [0.5, 0.6) is 0 Å². The molecule has 0 saturated carbocycles. The van der Waals surface area contributed by atoms with Crippen LogP contribution in [0.3, 0.4) is 0 Å². The van der Waals surface area contributed by atoms with E-state index in [9.17, 15) is 4.79 Å². The van der Waals surface area contributed by atoms with E-state index >= 15 is 0 Å². The second kappa shape index (κ2) is 9.27. The number of halogens is 1. The molecule has 0 aliphatic heterocycles. The molecule has 1 aromatic heterocycles. The highest BCUT2D eigenvalue weighted by Gasteiger charge is 2.20. The number of carbonyl (C=O) groups excluding carboxylic acids is 1. The lowest BCUT2D eigenvalue weighted by Crippen LogP contribution is -2.29. The highest BCUT2D eigenvalue weighted by Crippen LogP contribution is 2.30. The average molecular weight is 449 g/mol. The van der Waals surface area contributed by atoms with E-state index in [0.717, 1.165) is 27.6 Å². The van der Waals surface area contributed by atoms with Gasteiger partial charge in [-0.15, -0.1) is 0 Å². The van der Waals surface area contributed by atoms with Gasteiger partial charge in [0.25, 0.3) is 5.91 Å². The smallest absolute Gasteiger partial charge is 0.252 e. The number of amides is 1. The third-order valence-electron chi connectivity index (χ3n) is 5.65. The summed E-state index contributed by atoms with van der Waals surface area (Å²) in [6, 6.07) is 36.7. The lowest BCUT2D eigenvalue weighted by molar-refractivity contribution is 0.0944. The van der Waals surface area contributed by atoms with Gasteiger partial charge in [-0.2, -0.15) is 0 Å². The molecule has 1 N–H and O–H groups in total. The molecule has 0 aliphatic rings. The first kappa shape index (κ1) is 20.9. The van der Waals surface area contributed by atoms with Crippen molar-refractivity contribution in [3.8, 4) is 11.3 Å². The predicted molar refractivity (Wildman–Crippen MR) is 134 cm³/mol. The Morgan fingerprint density at radius 2 is 1.30 bits per heavy atom. The van der Waals surface area contributed by atoms with Crippen molar-refractivity contribution in [1.29, 1.82) is 0 Å². The van der Waals surface area contributed by atoms with E-state index in [0.29, 0.717) is 16.3 Å². The molecule has 3 nitrogen and oxygen atoms in total. The van der Waals surface area contributed by atoms with Gasteiger partial charge >= 0.3 is 0 Å². The number of aromatic nitrogens is 1. The Labute approximate surface area is 197 Å². The van der Waals surface area contributed by atoms with E-state index in [1.54, 1.807) is 0 Å². The molecule has 1 amide bonds. The fourth-order valence-corrected chi connectivity index (χ4v) is 4.26. The maximum absolute atomic E-state index is 13.7. The molecule has 4 heteroatoms. The van der Waals surface area contributed by atoms with Crippen LogP contribution in [0.4, 0.5) is 0 Å². The third-order valence-corrected chi connectivity index (χ3v) is 5.98. The SMILES string of the molecule is O=C(NC(c1ccccc1)c1ccccc1)c1cc(-c2ccccc2Cl)nc2ccccc12. The number of carbonyl (C=O) groups is 1. The Balaban J connectivity index is 1.61. The zero-order chi connectivity index (χ0) is 22.6. The molecular weight excluding hydrogens is 428 g/mol. The van der Waals surface area contributed by atoms with E-state index in [-0.39, 0.29) is 11.9 Å². The quantitative estimate of drug-likeness (QED) is 0.312. The van der Waals surface area contributed by atoms with Crippen molar-refractivity contribution >= 4 is 28.4 Å². The molecule has 0 spiro atoms. The van der Waals surface area contributed by atoms with E-state index in [2.05, 4.69) is 5.32 Å². The second-order valence-electron chi connectivity index (χ2n) is 7.78. The molecule has 0 radical (unpaired) electrons. The van der Waals surface area contributed by atoms with Crippen LogP contribution < -0.4 is 5.32 Å². The van der Waals surface area contributed by atoms with Gasteiger partial charge in [0.05, 0.1) is 22.8 Å². The normalized spacial score (nSPS) is 11.0. The summed E-state index contributed by atoms with van der Waals surface area (Å²) in [6.45, 7) is 0. The predicted octanol–water partition coefficient (Wildman–Crippen LogP) is 7.07. The fourth-order valence-electron chi connectivity index (χ4n) is 4.03. The summed E-state index contributed by atoms with van der Waals surface area (Å²) in [5.74, 6) is -0.167. The molecule has 0 fully saturated rings. The molecule has 0 unspecified atom stereocenters. The Kier molecular flexibility index (Phi) is 5.88. The number of nitrogens with zero attached hydrogens (tertiary/aromatic N) is 1. The van der Waals surface area contributed by atoms with Crippen molar-refractivity contribution in [2.75, 3.05) is 0 Å². The zero-order valence-corrected chi connectivity index (χ0v) is 18.5. The van der Waals surface area contributed by atoms with Gasteiger partial charge in [-0.1, -0.05) is 109 Å². The maximum Gasteiger partial charge on any atom is 0.252 e. The van der Waals surface area contributed by atoms with Gasteiger partial charge in [0.1, 0.15) is 0 Å². The van der Waals surface area contributed by atoms with Gasteiger partial charge in [0.2, 0.25) is 0 Å². The van der Waals surface area contributed by atoms with Crippen molar-refractivity contribution in [3.63, 3.8) is 0 Å². The van der Waals surface area contributed by atoms with E-state index < -0.39 is 0 Å². The molecule has 4 aromatic carbocycles. The summed E-state index contributed by atoms with van der Waals surface area (Å²) < 4.78 is 0. The van der Waals surface area contributed by atoms with Gasteiger partial charge in [-0.3, -0.25) is 4.79 Å². The number of benzene rings is 4. The van der Waals surface area contributed by atoms with Crippen LogP contribution in [0.25, 0.3) is 22.2 Å². The van der Waals surface area contributed by atoms with Crippen molar-refractivity contribution < 1.29 is 4.79 Å². The lowest BCUT2D eigenvalue weighted by Gasteiger charge is -2.21. The van der Waals surface area contributed by atoms with Crippen LogP contribution in [0.15, 0.2) is 115 Å². The Bertz CT molecular complexity index is 1380. The number of fused-ring (bicyclic) bond motifs is 1. The number of rotatable bonds is 5. The Morgan fingerprint density at radius 3 is 1.97 bits per heavy atom. The number of para-hydroxylation sites is 1. The summed E-state index contributed by atoms with van der Waals surface area (Å²) in [6.07, 6.45) is 0. The monoisotopic (exact) mass is 448 g/mol. The van der Waals surface area contributed by atoms with E-state index in [1.807, 2.05) is 115 Å². The second-order valence-corrected chi connectivity index (χ2v) is 8.19. The summed E-state index contributed by atoms with van der Waals surface area (Å²) in [5.41, 5.74) is 4.80. The minimum absolute atomic E-state index is 0.167. The van der Waals surface area contributed by atoms with Gasteiger partial charge in [0.15, 0.2) is 0 Å². The van der Waals surface area contributed by atoms with Crippen molar-refractivity contribution in [2.45, 2.75) is 6.04 Å². The molecule has 0 aliphatic carbocycles. The molecule has 33 heavy (non-hydrogen) atoms. The minimum Gasteiger partial charge on any atom is -0.341 e. The number of pyridine rings is 1. The summed E-state index contributed by atoms with van der Waals surface area (Å²) in [5, 5.41) is 4.64. The highest BCUT2D eigenvalue weighted by molar-refractivity contribution is 6.33. The van der Waals surface area contributed by atoms with Gasteiger partial charge in [0, 0.05) is 16.0 Å². The Hall–Kier alpha value is -3.95. The molecule has 5 aromatic rings. The van der Waals surface area contributed by atoms with Crippen LogP contribution in [-0.4, -0.2) is 10.9 Å². The first-order valence-electron chi connectivity index (χ1n) is 10.8. The van der Waals surface area contributed by atoms with Crippen LogP contribution in [0.1, 0.15) is 27.5 Å². The molecule has 160 valence electrons. The molecule has 1 heterocycles. The number of hydrogen-bond acceptors (Lipinski definition) is 2. The first-order chi connectivity index (χ1) is 16.2. The van der Waals surface area contributed by atoms with Crippen LogP contribution in [0.2, 0.25) is 5.02 Å². The van der Waals surface area contributed by atoms with Crippen molar-refractivity contribution in [1.82, 2.24) is 10.3 Å². The standard InChI is InChI=1S/C29H21ClN2O/c30-25-17-9-7-16-23(25)27-19-24(22-15-8-10-18-26(22)31-27)29(33)32-28(20-11-3-1-4-12-20)21-13-5-2-6-14-21/h1-19,28H,(H,32,33).